The highest BCUT2D eigenvalue weighted by molar-refractivity contribution is 5.89. The van der Waals surface area contributed by atoms with Crippen molar-refractivity contribution in [2.24, 2.45) is 0 Å². The predicted octanol–water partition coefficient (Wildman–Crippen LogP) is 2.62. The highest BCUT2D eigenvalue weighted by atomic mass is 16.5. The van der Waals surface area contributed by atoms with Crippen LogP contribution in [0.4, 0.5) is 11.5 Å². The molecule has 32 heavy (non-hydrogen) atoms. The van der Waals surface area contributed by atoms with E-state index < -0.39 is 0 Å². The molecule has 0 saturated carbocycles. The molecule has 0 bridgehead atoms. The van der Waals surface area contributed by atoms with Gasteiger partial charge in [-0.15, -0.1) is 0 Å². The highest BCUT2D eigenvalue weighted by Crippen LogP contribution is 2.30. The van der Waals surface area contributed by atoms with Gasteiger partial charge in [0.15, 0.2) is 5.82 Å². The molecule has 3 aromatic rings. The molecule has 4 rings (SSSR count). The third kappa shape index (κ3) is 4.91. The highest BCUT2D eigenvalue weighted by Gasteiger charge is 2.22. The maximum absolute atomic E-state index is 12.0. The standard InChI is InChI=1S/C24H29N5O3/c1-31-16-11-23(30)25-17-22-26-19-8-4-3-7-18(19)24(27-22)29-14-12-28(13-15-29)20-9-5-6-10-21(20)32-2/h3-10H,11-17H2,1-2H3,(H,25,30). The topological polar surface area (TPSA) is 79.8 Å². The van der Waals surface area contributed by atoms with E-state index in [9.17, 15) is 4.79 Å². The Bertz CT molecular complexity index is 1070. The number of carbonyl (C=O) groups excluding carboxylic acids is 1. The van der Waals surface area contributed by atoms with Crippen molar-refractivity contribution in [1.29, 1.82) is 0 Å². The second-order valence-electron chi connectivity index (χ2n) is 7.65. The molecule has 2 aromatic carbocycles. The Hall–Kier alpha value is -3.39. The number of carbonyl (C=O) groups is 1. The normalized spacial score (nSPS) is 13.9. The van der Waals surface area contributed by atoms with E-state index in [1.54, 1.807) is 14.2 Å². The van der Waals surface area contributed by atoms with Crippen molar-refractivity contribution in [1.82, 2.24) is 15.3 Å². The summed E-state index contributed by atoms with van der Waals surface area (Å²) in [6, 6.07) is 16.1. The van der Waals surface area contributed by atoms with Gasteiger partial charge >= 0.3 is 0 Å². The van der Waals surface area contributed by atoms with Crippen LogP contribution in [0.2, 0.25) is 0 Å². The predicted molar refractivity (Wildman–Crippen MR) is 125 cm³/mol. The molecule has 2 heterocycles. The quantitative estimate of drug-likeness (QED) is 0.583. The van der Waals surface area contributed by atoms with Gasteiger partial charge in [0, 0.05) is 45.1 Å². The lowest BCUT2D eigenvalue weighted by Gasteiger charge is -2.37. The van der Waals surface area contributed by atoms with Crippen molar-refractivity contribution < 1.29 is 14.3 Å². The van der Waals surface area contributed by atoms with E-state index in [0.29, 0.717) is 25.4 Å². The van der Waals surface area contributed by atoms with Crippen LogP contribution in [0.5, 0.6) is 5.75 Å². The van der Waals surface area contributed by atoms with Crippen LogP contribution in [0.15, 0.2) is 48.5 Å². The number of ether oxygens (including phenoxy) is 2. The monoisotopic (exact) mass is 435 g/mol. The van der Waals surface area contributed by atoms with E-state index >= 15 is 0 Å². The number of methoxy groups -OCH3 is 2. The number of para-hydroxylation sites is 3. The van der Waals surface area contributed by atoms with E-state index in [1.807, 2.05) is 36.4 Å². The summed E-state index contributed by atoms with van der Waals surface area (Å²) in [7, 11) is 3.29. The molecule has 0 radical (unpaired) electrons. The summed E-state index contributed by atoms with van der Waals surface area (Å²) in [6.45, 7) is 4.08. The molecule has 1 amide bonds. The first-order valence-electron chi connectivity index (χ1n) is 10.8. The second kappa shape index (κ2) is 10.3. The van der Waals surface area contributed by atoms with Crippen LogP contribution in [-0.2, 0) is 16.1 Å². The fourth-order valence-corrected chi connectivity index (χ4v) is 3.94. The van der Waals surface area contributed by atoms with Crippen LogP contribution < -0.4 is 19.9 Å². The Balaban J connectivity index is 1.51. The van der Waals surface area contributed by atoms with Gasteiger partial charge in [-0.25, -0.2) is 9.97 Å². The SMILES string of the molecule is COCCC(=O)NCc1nc(N2CCN(c3ccccc3OC)CC2)c2ccccc2n1. The molecule has 0 spiro atoms. The first-order chi connectivity index (χ1) is 15.7. The van der Waals surface area contributed by atoms with Crippen molar-refractivity contribution in [2.75, 3.05) is 56.8 Å². The number of nitrogens with zero attached hydrogens (tertiary/aromatic N) is 4. The molecule has 0 unspecified atom stereocenters. The van der Waals surface area contributed by atoms with Gasteiger partial charge in [-0.05, 0) is 24.3 Å². The van der Waals surface area contributed by atoms with Crippen LogP contribution in [0.3, 0.4) is 0 Å². The number of aromatic nitrogens is 2. The van der Waals surface area contributed by atoms with Gasteiger partial charge in [0.05, 0.1) is 31.5 Å². The summed E-state index contributed by atoms with van der Waals surface area (Å²) >= 11 is 0. The van der Waals surface area contributed by atoms with Gasteiger partial charge in [-0.1, -0.05) is 24.3 Å². The number of anilines is 2. The van der Waals surface area contributed by atoms with Gasteiger partial charge in [-0.2, -0.15) is 0 Å². The fourth-order valence-electron chi connectivity index (χ4n) is 3.94. The Morgan fingerprint density at radius 3 is 2.47 bits per heavy atom. The summed E-state index contributed by atoms with van der Waals surface area (Å²) < 4.78 is 10.5. The van der Waals surface area contributed by atoms with Gasteiger partial charge in [0.25, 0.3) is 0 Å². The molecule has 8 nitrogen and oxygen atoms in total. The van der Waals surface area contributed by atoms with Gasteiger partial charge in [-0.3, -0.25) is 4.79 Å². The molecule has 1 aliphatic heterocycles. The molecular formula is C24H29N5O3. The summed E-state index contributed by atoms with van der Waals surface area (Å²) in [5.41, 5.74) is 1.99. The van der Waals surface area contributed by atoms with Crippen LogP contribution in [0.1, 0.15) is 12.2 Å². The first-order valence-corrected chi connectivity index (χ1v) is 10.8. The molecule has 1 saturated heterocycles. The number of benzene rings is 2. The largest absolute Gasteiger partial charge is 0.495 e. The van der Waals surface area contributed by atoms with Crippen LogP contribution in [-0.4, -0.2) is 62.9 Å². The van der Waals surface area contributed by atoms with Crippen molar-refractivity contribution >= 4 is 28.3 Å². The third-order valence-electron chi connectivity index (χ3n) is 5.61. The molecule has 8 heteroatoms. The lowest BCUT2D eigenvalue weighted by atomic mass is 10.2. The molecule has 1 aliphatic rings. The molecular weight excluding hydrogens is 406 g/mol. The van der Waals surface area contributed by atoms with Crippen LogP contribution >= 0.6 is 0 Å². The van der Waals surface area contributed by atoms with Crippen LogP contribution in [0.25, 0.3) is 10.9 Å². The van der Waals surface area contributed by atoms with Gasteiger partial charge in [0.1, 0.15) is 11.6 Å². The van der Waals surface area contributed by atoms with E-state index in [4.69, 9.17) is 14.5 Å². The average molecular weight is 436 g/mol. The Labute approximate surface area is 188 Å². The number of rotatable bonds is 8. The van der Waals surface area contributed by atoms with E-state index in [1.165, 1.54) is 0 Å². The maximum atomic E-state index is 12.0. The number of fused-ring (bicyclic) bond motifs is 1. The Morgan fingerprint density at radius 1 is 0.969 bits per heavy atom. The zero-order valence-electron chi connectivity index (χ0n) is 18.6. The minimum Gasteiger partial charge on any atom is -0.495 e. The van der Waals surface area contributed by atoms with Gasteiger partial charge in [0.2, 0.25) is 5.91 Å². The van der Waals surface area contributed by atoms with Gasteiger partial charge < -0.3 is 24.6 Å². The molecule has 0 aliphatic carbocycles. The molecule has 1 fully saturated rings. The Morgan fingerprint density at radius 2 is 1.69 bits per heavy atom. The smallest absolute Gasteiger partial charge is 0.222 e. The van der Waals surface area contributed by atoms with Crippen molar-refractivity contribution in [3.05, 3.63) is 54.4 Å². The third-order valence-corrected chi connectivity index (χ3v) is 5.61. The summed E-state index contributed by atoms with van der Waals surface area (Å²) in [5.74, 6) is 2.34. The minimum atomic E-state index is -0.0735. The minimum absolute atomic E-state index is 0.0735. The van der Waals surface area contributed by atoms with Crippen molar-refractivity contribution in [3.8, 4) is 5.75 Å². The van der Waals surface area contributed by atoms with E-state index in [-0.39, 0.29) is 5.91 Å². The lowest BCUT2D eigenvalue weighted by Crippen LogP contribution is -2.47. The number of piperazine rings is 1. The number of hydrogen-bond donors (Lipinski definition) is 1. The van der Waals surface area contributed by atoms with E-state index in [0.717, 1.165) is 54.3 Å². The lowest BCUT2D eigenvalue weighted by molar-refractivity contribution is -0.122. The first kappa shape index (κ1) is 21.8. The Kier molecular flexibility index (Phi) is 7.01. The average Bonchev–Trinajstić information content (AvgIpc) is 2.85. The molecule has 1 aromatic heterocycles. The number of nitrogens with one attached hydrogen (secondary N) is 1. The summed E-state index contributed by atoms with van der Waals surface area (Å²) in [6.07, 6.45) is 0.321. The second-order valence-corrected chi connectivity index (χ2v) is 7.65. The fraction of sp³-hybridized carbons (Fsp3) is 0.375. The zero-order chi connectivity index (χ0) is 22.3. The number of hydrogen-bond acceptors (Lipinski definition) is 7. The zero-order valence-corrected chi connectivity index (χ0v) is 18.6. The van der Waals surface area contributed by atoms with Crippen LogP contribution in [0, 0.1) is 0 Å². The number of amides is 1. The van der Waals surface area contributed by atoms with Crippen molar-refractivity contribution in [3.63, 3.8) is 0 Å². The van der Waals surface area contributed by atoms with Crippen molar-refractivity contribution in [2.45, 2.75) is 13.0 Å². The summed E-state index contributed by atoms with van der Waals surface area (Å²) in [5, 5.41) is 3.91. The molecule has 1 N–H and O–H groups in total. The molecule has 168 valence electrons. The summed E-state index contributed by atoms with van der Waals surface area (Å²) in [4.78, 5) is 26.1. The molecule has 0 atom stereocenters. The maximum Gasteiger partial charge on any atom is 0.222 e. The van der Waals surface area contributed by atoms with E-state index in [2.05, 4.69) is 32.2 Å².